The summed E-state index contributed by atoms with van der Waals surface area (Å²) in [5.74, 6) is -1.75. The van der Waals surface area contributed by atoms with E-state index in [-0.39, 0.29) is 11.1 Å². The molecule has 0 bridgehead atoms. The summed E-state index contributed by atoms with van der Waals surface area (Å²) < 4.78 is 0. The summed E-state index contributed by atoms with van der Waals surface area (Å²) in [4.78, 5) is 38.1. The molecule has 3 rings (SSSR count). The van der Waals surface area contributed by atoms with Crippen molar-refractivity contribution in [1.29, 1.82) is 5.26 Å². The third-order valence-corrected chi connectivity index (χ3v) is 4.28. The highest BCUT2D eigenvalue weighted by Crippen LogP contribution is 2.38. The van der Waals surface area contributed by atoms with Gasteiger partial charge in [0.1, 0.15) is 11.6 Å². The van der Waals surface area contributed by atoms with Crippen LogP contribution in [0.2, 0.25) is 0 Å². The average molecular weight is 359 g/mol. The van der Waals surface area contributed by atoms with Gasteiger partial charge in [-0.1, -0.05) is 48.5 Å². The Morgan fingerprint density at radius 3 is 2.41 bits per heavy atom. The normalized spacial score (nSPS) is 14.4. The van der Waals surface area contributed by atoms with Crippen LogP contribution in [0.3, 0.4) is 0 Å². The Labute approximate surface area is 156 Å². The van der Waals surface area contributed by atoms with Crippen molar-refractivity contribution in [3.8, 4) is 6.07 Å². The van der Waals surface area contributed by atoms with Gasteiger partial charge in [-0.3, -0.25) is 14.4 Å². The lowest BCUT2D eigenvalue weighted by atomic mass is 10.0. The van der Waals surface area contributed by atoms with Crippen LogP contribution in [-0.2, 0) is 20.8 Å². The van der Waals surface area contributed by atoms with Crippen LogP contribution >= 0.6 is 0 Å². The topological polar surface area (TPSA) is 90.3 Å². The smallest absolute Gasteiger partial charge is 0.267 e. The number of carbonyl (C=O) groups is 3. The first-order valence-electron chi connectivity index (χ1n) is 8.45. The molecule has 2 aromatic rings. The highest BCUT2D eigenvalue weighted by atomic mass is 16.2. The van der Waals surface area contributed by atoms with E-state index >= 15 is 0 Å². The minimum Gasteiger partial charge on any atom is -0.351 e. The number of nitriles is 1. The Kier molecular flexibility index (Phi) is 5.13. The van der Waals surface area contributed by atoms with Gasteiger partial charge in [0.25, 0.3) is 11.8 Å². The zero-order valence-electron chi connectivity index (χ0n) is 14.7. The highest BCUT2D eigenvalue weighted by Gasteiger charge is 2.38. The van der Waals surface area contributed by atoms with Crippen LogP contribution in [0.1, 0.15) is 18.1 Å². The number of benzene rings is 2. The molecule has 0 saturated heterocycles. The molecule has 27 heavy (non-hydrogen) atoms. The molecule has 1 aliphatic heterocycles. The predicted molar refractivity (Wildman–Crippen MR) is 100 cm³/mol. The summed E-state index contributed by atoms with van der Waals surface area (Å²) in [6.45, 7) is 1.59. The van der Waals surface area contributed by atoms with E-state index in [0.717, 1.165) is 10.5 Å². The Bertz CT molecular complexity index is 987. The van der Waals surface area contributed by atoms with Gasteiger partial charge in [-0.15, -0.1) is 0 Å². The van der Waals surface area contributed by atoms with E-state index < -0.39 is 17.7 Å². The number of hydrogen-bond acceptors (Lipinski definition) is 4. The van der Waals surface area contributed by atoms with Crippen molar-refractivity contribution >= 4 is 29.0 Å². The molecule has 6 nitrogen and oxygen atoms in total. The van der Waals surface area contributed by atoms with E-state index in [0.29, 0.717) is 24.2 Å². The van der Waals surface area contributed by atoms with Crippen molar-refractivity contribution in [1.82, 2.24) is 5.32 Å². The number of nitrogens with one attached hydrogen (secondary N) is 1. The standard InChI is InChI=1S/C21H17N3O3/c1-14(25)24-18-10-6-5-9-16(18)19(21(24)27)17(13-22)20(26)23-12-11-15-7-3-2-4-8-15/h2-10H,11-12H2,1H3,(H,23,26). The lowest BCUT2D eigenvalue weighted by Gasteiger charge is -2.11. The first kappa shape index (κ1) is 18.1. The summed E-state index contributed by atoms with van der Waals surface area (Å²) in [6.07, 6.45) is 0.602. The lowest BCUT2D eigenvalue weighted by molar-refractivity contribution is -0.122. The number of carbonyl (C=O) groups excluding carboxylic acids is 3. The Hall–Kier alpha value is -3.72. The maximum atomic E-state index is 12.7. The summed E-state index contributed by atoms with van der Waals surface area (Å²) in [7, 11) is 0. The number of para-hydroxylation sites is 1. The number of anilines is 1. The van der Waals surface area contributed by atoms with Gasteiger partial charge < -0.3 is 5.32 Å². The quantitative estimate of drug-likeness (QED) is 0.669. The van der Waals surface area contributed by atoms with Crippen molar-refractivity contribution in [2.24, 2.45) is 0 Å². The molecule has 0 saturated carbocycles. The average Bonchev–Trinajstić information content (AvgIpc) is 2.96. The fourth-order valence-corrected chi connectivity index (χ4v) is 3.04. The van der Waals surface area contributed by atoms with Crippen LogP contribution in [0.5, 0.6) is 0 Å². The fraction of sp³-hybridized carbons (Fsp3) is 0.143. The number of amides is 3. The summed E-state index contributed by atoms with van der Waals surface area (Å²) in [5, 5.41) is 12.2. The first-order valence-corrected chi connectivity index (χ1v) is 8.45. The van der Waals surface area contributed by atoms with E-state index in [1.54, 1.807) is 24.3 Å². The first-order chi connectivity index (χ1) is 13.0. The molecule has 0 spiro atoms. The van der Waals surface area contributed by atoms with E-state index in [2.05, 4.69) is 5.32 Å². The predicted octanol–water partition coefficient (Wildman–Crippen LogP) is 2.22. The van der Waals surface area contributed by atoms with Gasteiger partial charge in [0.15, 0.2) is 0 Å². The van der Waals surface area contributed by atoms with Gasteiger partial charge in [0.05, 0.1) is 11.3 Å². The van der Waals surface area contributed by atoms with E-state index in [4.69, 9.17) is 0 Å². The molecule has 3 amide bonds. The van der Waals surface area contributed by atoms with Gasteiger partial charge in [0.2, 0.25) is 5.91 Å². The molecule has 0 aliphatic carbocycles. The van der Waals surface area contributed by atoms with Crippen LogP contribution in [0, 0.1) is 11.3 Å². The molecule has 0 radical (unpaired) electrons. The molecule has 1 aliphatic rings. The monoisotopic (exact) mass is 359 g/mol. The van der Waals surface area contributed by atoms with Crippen LogP contribution < -0.4 is 10.2 Å². The van der Waals surface area contributed by atoms with Crippen LogP contribution in [-0.4, -0.2) is 24.3 Å². The molecule has 1 N–H and O–H groups in total. The van der Waals surface area contributed by atoms with Crippen molar-refractivity contribution in [2.75, 3.05) is 11.4 Å². The van der Waals surface area contributed by atoms with Gasteiger partial charge in [0, 0.05) is 19.0 Å². The van der Waals surface area contributed by atoms with Crippen LogP contribution in [0.15, 0.2) is 60.2 Å². The SMILES string of the molecule is CC(=O)N1C(=O)C(=C(C#N)C(=O)NCCc2ccccc2)c2ccccc21. The third-order valence-electron chi connectivity index (χ3n) is 4.28. The fourth-order valence-electron chi connectivity index (χ4n) is 3.04. The van der Waals surface area contributed by atoms with Crippen molar-refractivity contribution < 1.29 is 14.4 Å². The summed E-state index contributed by atoms with van der Waals surface area (Å²) >= 11 is 0. The Morgan fingerprint density at radius 2 is 1.74 bits per heavy atom. The Morgan fingerprint density at radius 1 is 1.07 bits per heavy atom. The van der Waals surface area contributed by atoms with Gasteiger partial charge in [-0.2, -0.15) is 5.26 Å². The Balaban J connectivity index is 1.88. The molecular weight excluding hydrogens is 342 g/mol. The number of nitrogens with zero attached hydrogens (tertiary/aromatic N) is 2. The second kappa shape index (κ2) is 7.67. The highest BCUT2D eigenvalue weighted by molar-refractivity contribution is 6.42. The zero-order valence-corrected chi connectivity index (χ0v) is 14.7. The van der Waals surface area contributed by atoms with Gasteiger partial charge >= 0.3 is 0 Å². The van der Waals surface area contributed by atoms with Gasteiger partial charge in [-0.25, -0.2) is 4.90 Å². The number of imide groups is 1. The maximum absolute atomic E-state index is 12.7. The number of rotatable bonds is 4. The molecule has 0 aromatic heterocycles. The molecule has 1 heterocycles. The molecule has 0 fully saturated rings. The second-order valence-electron chi connectivity index (χ2n) is 6.03. The molecular formula is C21H17N3O3. The van der Waals surface area contributed by atoms with Crippen molar-refractivity contribution in [3.63, 3.8) is 0 Å². The minimum atomic E-state index is -0.654. The maximum Gasteiger partial charge on any atom is 0.267 e. The summed E-state index contributed by atoms with van der Waals surface area (Å²) in [6, 6.07) is 18.1. The van der Waals surface area contributed by atoms with E-state index in [1.807, 2.05) is 36.4 Å². The lowest BCUT2D eigenvalue weighted by Crippen LogP contribution is -2.33. The zero-order chi connectivity index (χ0) is 19.4. The molecule has 6 heteroatoms. The van der Waals surface area contributed by atoms with Crippen molar-refractivity contribution in [3.05, 3.63) is 71.3 Å². The van der Waals surface area contributed by atoms with Crippen molar-refractivity contribution in [2.45, 2.75) is 13.3 Å². The third kappa shape index (κ3) is 3.48. The minimum absolute atomic E-state index is 0.0412. The summed E-state index contributed by atoms with van der Waals surface area (Å²) in [5.41, 5.74) is 1.51. The molecule has 2 aromatic carbocycles. The van der Waals surface area contributed by atoms with Gasteiger partial charge in [-0.05, 0) is 18.1 Å². The van der Waals surface area contributed by atoms with E-state index in [9.17, 15) is 19.6 Å². The molecule has 0 unspecified atom stereocenters. The number of fused-ring (bicyclic) bond motifs is 1. The second-order valence-corrected chi connectivity index (χ2v) is 6.03. The number of hydrogen-bond donors (Lipinski definition) is 1. The van der Waals surface area contributed by atoms with E-state index in [1.165, 1.54) is 6.92 Å². The largest absolute Gasteiger partial charge is 0.351 e. The van der Waals surface area contributed by atoms with Crippen LogP contribution in [0.25, 0.3) is 5.57 Å². The molecule has 0 atom stereocenters. The molecule has 134 valence electrons. The van der Waals surface area contributed by atoms with Crippen LogP contribution in [0.4, 0.5) is 5.69 Å².